The summed E-state index contributed by atoms with van der Waals surface area (Å²) in [7, 11) is 0. The normalized spacial score (nSPS) is 15.9. The molecule has 0 spiro atoms. The second-order valence-electron chi connectivity index (χ2n) is 13.1. The Morgan fingerprint density at radius 3 is 2.08 bits per heavy atom. The first-order chi connectivity index (χ1) is 22.9. The van der Waals surface area contributed by atoms with Crippen molar-refractivity contribution in [3.8, 4) is 5.75 Å². The molecule has 2 N–H and O–H groups in total. The van der Waals surface area contributed by atoms with Crippen molar-refractivity contribution < 1.29 is 33.7 Å². The fraction of sp³-hybridized carbons (Fsp3) is 0.405. The zero-order chi connectivity index (χ0) is 34.3. The lowest BCUT2D eigenvalue weighted by molar-refractivity contribution is -0.159. The van der Waals surface area contributed by atoms with Gasteiger partial charge in [-0.1, -0.05) is 66.7 Å². The van der Waals surface area contributed by atoms with E-state index in [-0.39, 0.29) is 24.6 Å². The summed E-state index contributed by atoms with van der Waals surface area (Å²) in [6.45, 7) is 8.79. The molecule has 0 unspecified atom stereocenters. The fourth-order valence-corrected chi connectivity index (χ4v) is 5.66. The second-order valence-corrected chi connectivity index (χ2v) is 13.1. The van der Waals surface area contributed by atoms with Crippen LogP contribution in [-0.4, -0.2) is 76.3 Å². The van der Waals surface area contributed by atoms with Crippen LogP contribution in [0.5, 0.6) is 5.75 Å². The van der Waals surface area contributed by atoms with Crippen LogP contribution in [0, 0.1) is 0 Å². The molecule has 3 aromatic carbocycles. The molecule has 0 aliphatic carbocycles. The third kappa shape index (κ3) is 9.34. The van der Waals surface area contributed by atoms with Crippen molar-refractivity contribution in [1.29, 1.82) is 0 Å². The van der Waals surface area contributed by atoms with Gasteiger partial charge in [0.1, 0.15) is 18.0 Å². The second kappa shape index (κ2) is 15.3. The Balaban J connectivity index is 1.18. The summed E-state index contributed by atoms with van der Waals surface area (Å²) in [6, 6.07) is 24.3. The SMILES string of the molecule is CC(=O)NC(=NC1CCN(C(=O)OC(C)(C)C)CC1)N1Cc2ccc(OC[C@@H](O)C(=O)OC(c3ccccc3)c3ccccc3)cc2C1. The van der Waals surface area contributed by atoms with Gasteiger partial charge in [0.2, 0.25) is 11.9 Å². The smallest absolute Gasteiger partial charge is 0.410 e. The van der Waals surface area contributed by atoms with E-state index in [1.165, 1.54) is 6.92 Å². The topological polar surface area (TPSA) is 130 Å². The number of carbonyl (C=O) groups is 3. The maximum absolute atomic E-state index is 13.0. The van der Waals surface area contributed by atoms with Gasteiger partial charge in [-0.05, 0) is 68.0 Å². The number of nitrogens with one attached hydrogen (secondary N) is 1. The van der Waals surface area contributed by atoms with Crippen LogP contribution in [0.25, 0.3) is 0 Å². The fourth-order valence-electron chi connectivity index (χ4n) is 5.66. The van der Waals surface area contributed by atoms with E-state index in [0.717, 1.165) is 22.3 Å². The van der Waals surface area contributed by atoms with Gasteiger partial charge in [-0.2, -0.15) is 0 Å². The Labute approximate surface area is 281 Å². The maximum atomic E-state index is 13.0. The summed E-state index contributed by atoms with van der Waals surface area (Å²) in [4.78, 5) is 46.1. The molecular formula is C37H44N4O7. The number of esters is 1. The Morgan fingerprint density at radius 2 is 1.50 bits per heavy atom. The quantitative estimate of drug-likeness (QED) is 0.198. The van der Waals surface area contributed by atoms with Gasteiger partial charge in [-0.3, -0.25) is 10.1 Å². The summed E-state index contributed by atoms with van der Waals surface area (Å²) in [5.74, 6) is -0.0187. The average molecular weight is 657 g/mol. The highest BCUT2D eigenvalue weighted by Crippen LogP contribution is 2.29. The number of piperidine rings is 1. The van der Waals surface area contributed by atoms with Crippen LogP contribution in [0.2, 0.25) is 0 Å². The molecule has 11 heteroatoms. The molecule has 2 amide bonds. The molecule has 5 rings (SSSR count). The molecule has 11 nitrogen and oxygen atoms in total. The third-order valence-electron chi connectivity index (χ3n) is 8.03. The van der Waals surface area contributed by atoms with E-state index in [1.54, 1.807) is 11.0 Å². The van der Waals surface area contributed by atoms with Gasteiger partial charge in [0.25, 0.3) is 0 Å². The number of rotatable bonds is 8. The van der Waals surface area contributed by atoms with E-state index in [2.05, 4.69) is 5.32 Å². The molecule has 0 aromatic heterocycles. The zero-order valence-corrected chi connectivity index (χ0v) is 27.9. The summed E-state index contributed by atoms with van der Waals surface area (Å²) >= 11 is 0. The van der Waals surface area contributed by atoms with Crippen molar-refractivity contribution in [2.24, 2.45) is 4.99 Å². The Hall–Kier alpha value is -4.90. The van der Waals surface area contributed by atoms with E-state index < -0.39 is 23.8 Å². The van der Waals surface area contributed by atoms with Crippen LogP contribution in [0.3, 0.4) is 0 Å². The lowest BCUT2D eigenvalue weighted by Gasteiger charge is -2.33. The van der Waals surface area contributed by atoms with Crippen LogP contribution in [-0.2, 0) is 32.2 Å². The molecular weight excluding hydrogens is 612 g/mol. The van der Waals surface area contributed by atoms with Crippen LogP contribution >= 0.6 is 0 Å². The molecule has 3 aromatic rings. The summed E-state index contributed by atoms with van der Waals surface area (Å²) in [6.07, 6.45) is -1.18. The van der Waals surface area contributed by atoms with Gasteiger partial charge in [-0.15, -0.1) is 0 Å². The molecule has 48 heavy (non-hydrogen) atoms. The number of ether oxygens (including phenoxy) is 3. The monoisotopic (exact) mass is 656 g/mol. The summed E-state index contributed by atoms with van der Waals surface area (Å²) in [5, 5.41) is 13.6. The average Bonchev–Trinajstić information content (AvgIpc) is 3.49. The van der Waals surface area contributed by atoms with Crippen LogP contribution < -0.4 is 10.1 Å². The predicted molar refractivity (Wildman–Crippen MR) is 180 cm³/mol. The predicted octanol–water partition coefficient (Wildman–Crippen LogP) is 4.97. The zero-order valence-electron chi connectivity index (χ0n) is 27.9. The minimum Gasteiger partial charge on any atom is -0.490 e. The van der Waals surface area contributed by atoms with Crippen LogP contribution in [0.15, 0.2) is 83.9 Å². The highest BCUT2D eigenvalue weighted by Gasteiger charge is 2.30. The van der Waals surface area contributed by atoms with E-state index in [1.807, 2.05) is 98.5 Å². The van der Waals surface area contributed by atoms with Gasteiger partial charge >= 0.3 is 12.1 Å². The van der Waals surface area contributed by atoms with Crippen LogP contribution in [0.4, 0.5) is 4.79 Å². The lowest BCUT2D eigenvalue weighted by atomic mass is 10.0. The Kier molecular flexibility index (Phi) is 11.0. The van der Waals surface area contributed by atoms with E-state index in [0.29, 0.717) is 50.7 Å². The molecule has 2 aliphatic heterocycles. The van der Waals surface area contributed by atoms with E-state index in [4.69, 9.17) is 19.2 Å². The molecule has 0 saturated carbocycles. The molecule has 0 radical (unpaired) electrons. The molecule has 254 valence electrons. The van der Waals surface area contributed by atoms with Crippen molar-refractivity contribution >= 4 is 23.9 Å². The summed E-state index contributed by atoms with van der Waals surface area (Å²) in [5.41, 5.74) is 3.06. The molecule has 1 saturated heterocycles. The largest absolute Gasteiger partial charge is 0.490 e. The first-order valence-electron chi connectivity index (χ1n) is 16.3. The number of aliphatic imine (C=N–C) groups is 1. The number of hydrogen-bond acceptors (Lipinski definition) is 8. The van der Waals surface area contributed by atoms with Gasteiger partial charge < -0.3 is 29.1 Å². The molecule has 1 fully saturated rings. The Morgan fingerprint density at radius 1 is 0.896 bits per heavy atom. The number of aliphatic hydroxyl groups excluding tert-OH is 1. The lowest BCUT2D eigenvalue weighted by Crippen LogP contribution is -2.45. The number of carbonyl (C=O) groups excluding carboxylic acids is 3. The Bertz CT molecular complexity index is 1560. The highest BCUT2D eigenvalue weighted by molar-refractivity contribution is 5.96. The number of aliphatic hydroxyl groups is 1. The van der Waals surface area contributed by atoms with Crippen LogP contribution in [0.1, 0.15) is 68.9 Å². The number of likely N-dealkylation sites (tertiary alicyclic amines) is 1. The number of hydrogen-bond donors (Lipinski definition) is 2. The number of amides is 2. The minimum absolute atomic E-state index is 0.0576. The van der Waals surface area contributed by atoms with Gasteiger partial charge in [0, 0.05) is 33.1 Å². The van der Waals surface area contributed by atoms with Gasteiger partial charge in [0.05, 0.1) is 6.04 Å². The molecule has 1 atom stereocenters. The maximum Gasteiger partial charge on any atom is 0.410 e. The van der Waals surface area contributed by atoms with Crippen molar-refractivity contribution in [2.75, 3.05) is 19.7 Å². The third-order valence-corrected chi connectivity index (χ3v) is 8.03. The van der Waals surface area contributed by atoms with E-state index in [9.17, 15) is 19.5 Å². The van der Waals surface area contributed by atoms with Crippen molar-refractivity contribution in [2.45, 2.75) is 77.5 Å². The number of benzene rings is 3. The number of fused-ring (bicyclic) bond motifs is 1. The molecule has 0 bridgehead atoms. The highest BCUT2D eigenvalue weighted by atomic mass is 16.6. The van der Waals surface area contributed by atoms with Gasteiger partial charge in [0.15, 0.2) is 12.2 Å². The number of guanidine groups is 1. The molecule has 2 aliphatic rings. The van der Waals surface area contributed by atoms with Crippen molar-refractivity contribution in [3.63, 3.8) is 0 Å². The first kappa shape index (κ1) is 34.4. The van der Waals surface area contributed by atoms with E-state index >= 15 is 0 Å². The first-order valence-corrected chi connectivity index (χ1v) is 16.3. The molecule has 2 heterocycles. The van der Waals surface area contributed by atoms with Gasteiger partial charge in [-0.25, -0.2) is 14.6 Å². The van der Waals surface area contributed by atoms with Crippen molar-refractivity contribution in [3.05, 3.63) is 101 Å². The van der Waals surface area contributed by atoms with Crippen molar-refractivity contribution in [1.82, 2.24) is 15.1 Å². The minimum atomic E-state index is -1.50. The standard InChI is InChI=1S/C37H44N4O7/c1-25(42)38-35(39-30-17-19-40(20-18-30)36(45)48-37(2,3)4)41-22-28-15-16-31(21-29(28)23-41)46-24-32(43)34(44)47-33(26-11-7-5-8-12-26)27-13-9-6-10-14-27/h5-16,21,30,32-33,43H,17-20,22-24H2,1-4H3,(H,38,39,42)/t32-/m1/s1. The number of nitrogens with zero attached hydrogens (tertiary/aromatic N) is 3. The summed E-state index contributed by atoms with van der Waals surface area (Å²) < 4.78 is 17.1.